The van der Waals surface area contributed by atoms with Gasteiger partial charge in [-0.2, -0.15) is 0 Å². The van der Waals surface area contributed by atoms with Gasteiger partial charge in [-0.15, -0.1) is 0 Å². The summed E-state index contributed by atoms with van der Waals surface area (Å²) in [6.45, 7) is 2.70. The van der Waals surface area contributed by atoms with Gasteiger partial charge in [0.1, 0.15) is 5.75 Å². The van der Waals surface area contributed by atoms with Gasteiger partial charge in [0.15, 0.2) is 0 Å². The Morgan fingerprint density at radius 1 is 0.636 bits per heavy atom. The van der Waals surface area contributed by atoms with Gasteiger partial charge in [0.2, 0.25) is 0 Å². The minimum absolute atomic E-state index is 0.248. The zero-order valence-electron chi connectivity index (χ0n) is 12.8. The SMILES string of the molecule is CCOc1ccc(C(c2ccccc2)c2ccccc2)cc1. The molecule has 0 aliphatic rings. The van der Waals surface area contributed by atoms with Crippen molar-refractivity contribution < 1.29 is 4.74 Å². The summed E-state index contributed by atoms with van der Waals surface area (Å²) in [5.41, 5.74) is 3.89. The van der Waals surface area contributed by atoms with E-state index in [4.69, 9.17) is 4.74 Å². The van der Waals surface area contributed by atoms with E-state index >= 15 is 0 Å². The van der Waals surface area contributed by atoms with Crippen LogP contribution in [0.25, 0.3) is 0 Å². The van der Waals surface area contributed by atoms with Crippen molar-refractivity contribution in [1.29, 1.82) is 0 Å². The Bertz CT molecular complexity index is 647. The van der Waals surface area contributed by atoms with Gasteiger partial charge in [0, 0.05) is 5.92 Å². The van der Waals surface area contributed by atoms with Gasteiger partial charge in [-0.05, 0) is 35.7 Å². The molecule has 0 aliphatic carbocycles. The van der Waals surface area contributed by atoms with Crippen LogP contribution < -0.4 is 4.74 Å². The zero-order valence-corrected chi connectivity index (χ0v) is 12.8. The second-order valence-corrected chi connectivity index (χ2v) is 5.26. The Labute approximate surface area is 132 Å². The van der Waals surface area contributed by atoms with Crippen molar-refractivity contribution in [3.05, 3.63) is 102 Å². The van der Waals surface area contributed by atoms with E-state index in [0.717, 1.165) is 5.75 Å². The Hall–Kier alpha value is -2.54. The predicted molar refractivity (Wildman–Crippen MR) is 91.4 cm³/mol. The summed E-state index contributed by atoms with van der Waals surface area (Å²) in [7, 11) is 0. The second kappa shape index (κ2) is 6.95. The van der Waals surface area contributed by atoms with Crippen molar-refractivity contribution in [3.63, 3.8) is 0 Å². The third-order valence-corrected chi connectivity index (χ3v) is 3.79. The molecule has 0 bridgehead atoms. The summed E-state index contributed by atoms with van der Waals surface area (Å²) >= 11 is 0. The fourth-order valence-corrected chi connectivity index (χ4v) is 2.79. The van der Waals surface area contributed by atoms with E-state index in [-0.39, 0.29) is 5.92 Å². The minimum Gasteiger partial charge on any atom is -0.494 e. The van der Waals surface area contributed by atoms with Crippen molar-refractivity contribution in [2.45, 2.75) is 12.8 Å². The second-order valence-electron chi connectivity index (χ2n) is 5.26. The van der Waals surface area contributed by atoms with Crippen LogP contribution >= 0.6 is 0 Å². The van der Waals surface area contributed by atoms with Gasteiger partial charge in [0.05, 0.1) is 6.61 Å². The van der Waals surface area contributed by atoms with E-state index in [1.54, 1.807) is 0 Å². The van der Waals surface area contributed by atoms with E-state index in [9.17, 15) is 0 Å². The topological polar surface area (TPSA) is 9.23 Å². The molecule has 0 heterocycles. The molecule has 0 saturated carbocycles. The van der Waals surface area contributed by atoms with Crippen LogP contribution in [0, 0.1) is 0 Å². The molecular weight excluding hydrogens is 268 g/mol. The van der Waals surface area contributed by atoms with Crippen LogP contribution in [-0.4, -0.2) is 6.61 Å². The monoisotopic (exact) mass is 288 g/mol. The molecule has 110 valence electrons. The van der Waals surface area contributed by atoms with Gasteiger partial charge in [-0.3, -0.25) is 0 Å². The maximum absolute atomic E-state index is 5.55. The number of rotatable bonds is 5. The smallest absolute Gasteiger partial charge is 0.119 e. The molecule has 22 heavy (non-hydrogen) atoms. The molecule has 0 spiro atoms. The first-order chi connectivity index (χ1) is 10.9. The molecule has 3 aromatic rings. The maximum atomic E-state index is 5.55. The average molecular weight is 288 g/mol. The molecule has 0 saturated heterocycles. The van der Waals surface area contributed by atoms with Gasteiger partial charge in [0.25, 0.3) is 0 Å². The van der Waals surface area contributed by atoms with Crippen LogP contribution in [0.1, 0.15) is 29.5 Å². The number of benzene rings is 3. The normalized spacial score (nSPS) is 10.6. The van der Waals surface area contributed by atoms with Crippen molar-refractivity contribution in [2.75, 3.05) is 6.61 Å². The molecule has 0 aliphatic heterocycles. The highest BCUT2D eigenvalue weighted by molar-refractivity contribution is 5.44. The number of hydrogen-bond acceptors (Lipinski definition) is 1. The summed E-state index contributed by atoms with van der Waals surface area (Å²) in [4.78, 5) is 0. The molecule has 0 amide bonds. The third kappa shape index (κ3) is 3.20. The lowest BCUT2D eigenvalue weighted by atomic mass is 9.85. The van der Waals surface area contributed by atoms with E-state index in [2.05, 4.69) is 84.9 Å². The molecule has 3 aromatic carbocycles. The Balaban J connectivity index is 2.02. The van der Waals surface area contributed by atoms with Gasteiger partial charge >= 0.3 is 0 Å². The highest BCUT2D eigenvalue weighted by atomic mass is 16.5. The minimum atomic E-state index is 0.248. The van der Waals surface area contributed by atoms with E-state index in [1.807, 2.05) is 6.92 Å². The molecule has 1 nitrogen and oxygen atoms in total. The predicted octanol–water partition coefficient (Wildman–Crippen LogP) is 5.27. The van der Waals surface area contributed by atoms with Crippen molar-refractivity contribution >= 4 is 0 Å². The lowest BCUT2D eigenvalue weighted by molar-refractivity contribution is 0.340. The fourth-order valence-electron chi connectivity index (χ4n) is 2.79. The van der Waals surface area contributed by atoms with Crippen LogP contribution in [0.3, 0.4) is 0 Å². The van der Waals surface area contributed by atoms with E-state index < -0.39 is 0 Å². The lowest BCUT2D eigenvalue weighted by Crippen LogP contribution is -2.03. The number of hydrogen-bond donors (Lipinski definition) is 0. The Morgan fingerprint density at radius 2 is 1.09 bits per heavy atom. The summed E-state index contributed by atoms with van der Waals surface area (Å²) in [5, 5.41) is 0. The molecule has 0 fully saturated rings. The first kappa shape index (κ1) is 14.4. The standard InChI is InChI=1S/C21H20O/c1-2-22-20-15-13-19(14-16-20)21(17-9-5-3-6-10-17)18-11-7-4-8-12-18/h3-16,21H,2H2,1H3. The first-order valence-electron chi connectivity index (χ1n) is 7.71. The van der Waals surface area contributed by atoms with Gasteiger partial charge < -0.3 is 4.74 Å². The largest absolute Gasteiger partial charge is 0.494 e. The summed E-state index contributed by atoms with van der Waals surface area (Å²) in [6, 6.07) is 29.7. The van der Waals surface area contributed by atoms with Crippen molar-refractivity contribution in [2.24, 2.45) is 0 Å². The van der Waals surface area contributed by atoms with Crippen molar-refractivity contribution in [1.82, 2.24) is 0 Å². The zero-order chi connectivity index (χ0) is 15.2. The molecule has 0 radical (unpaired) electrons. The summed E-state index contributed by atoms with van der Waals surface area (Å²) in [5.74, 6) is 1.17. The van der Waals surface area contributed by atoms with Crippen LogP contribution in [0.5, 0.6) is 5.75 Å². The lowest BCUT2D eigenvalue weighted by Gasteiger charge is -2.19. The summed E-state index contributed by atoms with van der Waals surface area (Å²) in [6.07, 6.45) is 0. The Morgan fingerprint density at radius 3 is 1.55 bits per heavy atom. The van der Waals surface area contributed by atoms with Crippen LogP contribution in [0.4, 0.5) is 0 Å². The van der Waals surface area contributed by atoms with Crippen LogP contribution in [0.2, 0.25) is 0 Å². The molecule has 0 unspecified atom stereocenters. The first-order valence-corrected chi connectivity index (χ1v) is 7.71. The van der Waals surface area contributed by atoms with Gasteiger partial charge in [-0.25, -0.2) is 0 Å². The molecular formula is C21H20O. The quantitative estimate of drug-likeness (QED) is 0.581. The van der Waals surface area contributed by atoms with Gasteiger partial charge in [-0.1, -0.05) is 72.8 Å². The number of ether oxygens (including phenoxy) is 1. The van der Waals surface area contributed by atoms with Crippen LogP contribution in [0.15, 0.2) is 84.9 Å². The van der Waals surface area contributed by atoms with Crippen molar-refractivity contribution in [3.8, 4) is 5.75 Å². The van der Waals surface area contributed by atoms with E-state index in [1.165, 1.54) is 16.7 Å². The highest BCUT2D eigenvalue weighted by Gasteiger charge is 2.16. The molecule has 0 atom stereocenters. The molecule has 0 aromatic heterocycles. The molecule has 3 rings (SSSR count). The maximum Gasteiger partial charge on any atom is 0.119 e. The average Bonchev–Trinajstić information content (AvgIpc) is 2.59. The molecule has 0 N–H and O–H groups in total. The van der Waals surface area contributed by atoms with E-state index in [0.29, 0.717) is 6.61 Å². The van der Waals surface area contributed by atoms with Crippen LogP contribution in [-0.2, 0) is 0 Å². The third-order valence-electron chi connectivity index (χ3n) is 3.79. The Kier molecular flexibility index (Phi) is 4.55. The molecule has 1 heteroatoms. The summed E-state index contributed by atoms with van der Waals surface area (Å²) < 4.78 is 5.55. The highest BCUT2D eigenvalue weighted by Crippen LogP contribution is 2.32. The fraction of sp³-hybridized carbons (Fsp3) is 0.143.